The van der Waals surface area contributed by atoms with E-state index in [0.717, 1.165) is 11.6 Å². The lowest BCUT2D eigenvalue weighted by Gasteiger charge is -2.34. The summed E-state index contributed by atoms with van der Waals surface area (Å²) in [6.45, 7) is 3.76. The van der Waals surface area contributed by atoms with Crippen molar-refractivity contribution >= 4 is 23.2 Å². The molecule has 4 rings (SSSR count). The third kappa shape index (κ3) is 4.65. The average Bonchev–Trinajstić information content (AvgIpc) is 3.16. The highest BCUT2D eigenvalue weighted by Gasteiger charge is 2.60. The van der Waals surface area contributed by atoms with Crippen LogP contribution in [0.15, 0.2) is 36.4 Å². The maximum atomic E-state index is 14.1. The molecule has 3 aromatic rings. The van der Waals surface area contributed by atoms with E-state index in [4.69, 9.17) is 11.6 Å². The minimum Gasteiger partial charge on any atom is -0.335 e. The molecule has 0 bridgehead atoms. The van der Waals surface area contributed by atoms with Gasteiger partial charge in [-0.3, -0.25) is 9.69 Å². The van der Waals surface area contributed by atoms with Gasteiger partial charge >= 0.3 is 12.1 Å². The molecule has 0 saturated carbocycles. The predicted molar refractivity (Wildman–Crippen MR) is 110 cm³/mol. The number of benzene rings is 1. The zero-order valence-electron chi connectivity index (χ0n) is 17.4. The van der Waals surface area contributed by atoms with E-state index in [2.05, 4.69) is 15.0 Å². The molecule has 33 heavy (non-hydrogen) atoms. The number of carbonyl (C=O) groups is 1. The number of halogens is 6. The Morgan fingerprint density at radius 3 is 2.39 bits per heavy atom. The van der Waals surface area contributed by atoms with Crippen molar-refractivity contribution in [2.24, 2.45) is 0 Å². The molecule has 1 aromatic carbocycles. The van der Waals surface area contributed by atoms with E-state index in [-0.39, 0.29) is 17.0 Å². The number of hydrogen-bond acceptors (Lipinski definition) is 4. The fourth-order valence-electron chi connectivity index (χ4n) is 3.74. The molecule has 0 unspecified atom stereocenters. The molecule has 3 heterocycles. The topological polar surface area (TPSA) is 53.7 Å². The first-order valence-corrected chi connectivity index (χ1v) is 10.4. The maximum Gasteiger partial charge on any atom is 0.459 e. The Labute approximate surface area is 190 Å². The molecular weight excluding hydrogens is 469 g/mol. The molecule has 2 aromatic heterocycles. The van der Waals surface area contributed by atoms with E-state index < -0.39 is 23.7 Å². The Morgan fingerprint density at radius 1 is 1.06 bits per heavy atom. The second kappa shape index (κ2) is 8.53. The zero-order chi connectivity index (χ0) is 24.0. The first-order chi connectivity index (χ1) is 15.5. The predicted octanol–water partition coefficient (Wildman–Crippen LogP) is 4.30. The molecule has 1 aliphatic rings. The first kappa shape index (κ1) is 23.4. The first-order valence-electron chi connectivity index (χ1n) is 10.0. The highest BCUT2D eigenvalue weighted by atomic mass is 35.5. The molecule has 0 spiro atoms. The average molecular weight is 488 g/mol. The summed E-state index contributed by atoms with van der Waals surface area (Å²) < 4.78 is 67.4. The third-order valence-corrected chi connectivity index (χ3v) is 5.64. The van der Waals surface area contributed by atoms with E-state index in [0.29, 0.717) is 48.3 Å². The van der Waals surface area contributed by atoms with Crippen molar-refractivity contribution in [1.29, 1.82) is 0 Å². The number of carbonyl (C=O) groups excluding carboxylic acids is 1. The van der Waals surface area contributed by atoms with Crippen LogP contribution in [0.3, 0.4) is 0 Å². The highest BCUT2D eigenvalue weighted by Crippen LogP contribution is 2.43. The third-order valence-electron chi connectivity index (χ3n) is 5.41. The molecule has 1 fully saturated rings. The number of alkyl halides is 5. The van der Waals surface area contributed by atoms with Crippen LogP contribution in [-0.2, 0) is 12.5 Å². The van der Waals surface area contributed by atoms with Gasteiger partial charge in [-0.05, 0) is 30.7 Å². The van der Waals surface area contributed by atoms with Gasteiger partial charge in [0.2, 0.25) is 0 Å². The van der Waals surface area contributed by atoms with Gasteiger partial charge in [0, 0.05) is 49.5 Å². The molecule has 0 aliphatic carbocycles. The van der Waals surface area contributed by atoms with Gasteiger partial charge in [0.15, 0.2) is 11.3 Å². The van der Waals surface area contributed by atoms with Gasteiger partial charge in [-0.1, -0.05) is 23.7 Å². The zero-order valence-corrected chi connectivity index (χ0v) is 18.2. The van der Waals surface area contributed by atoms with Gasteiger partial charge in [-0.15, -0.1) is 0 Å². The van der Waals surface area contributed by atoms with E-state index in [9.17, 15) is 26.7 Å². The van der Waals surface area contributed by atoms with Crippen LogP contribution in [0.5, 0.6) is 0 Å². The van der Waals surface area contributed by atoms with Crippen molar-refractivity contribution < 1.29 is 26.7 Å². The standard InChI is InChI=1S/C21H19ClF5N5O/c1-13-9-17(20(23,24)21(25,26)27)32-18(28-13)11-16(29-32)19(33)31-7-5-30(6-8-31)12-14-3-2-4-15(22)10-14/h2-4,9-11H,5-8,12H2,1H3. The lowest BCUT2D eigenvalue weighted by Crippen LogP contribution is -2.48. The second-order valence-corrected chi connectivity index (χ2v) is 8.29. The number of amides is 1. The summed E-state index contributed by atoms with van der Waals surface area (Å²) >= 11 is 6.01. The Morgan fingerprint density at radius 2 is 1.76 bits per heavy atom. The molecule has 0 atom stereocenters. The maximum absolute atomic E-state index is 14.1. The van der Waals surface area contributed by atoms with Gasteiger partial charge in [-0.2, -0.15) is 27.1 Å². The summed E-state index contributed by atoms with van der Waals surface area (Å²) in [4.78, 5) is 20.5. The number of rotatable bonds is 4. The summed E-state index contributed by atoms with van der Waals surface area (Å²) in [6, 6.07) is 9.19. The summed E-state index contributed by atoms with van der Waals surface area (Å²) in [5.74, 6) is -5.71. The van der Waals surface area contributed by atoms with Crippen LogP contribution in [0.2, 0.25) is 5.02 Å². The summed E-state index contributed by atoms with van der Waals surface area (Å²) in [7, 11) is 0. The van der Waals surface area contributed by atoms with Crippen LogP contribution in [0.25, 0.3) is 5.65 Å². The van der Waals surface area contributed by atoms with Crippen molar-refractivity contribution in [2.45, 2.75) is 25.6 Å². The minimum absolute atomic E-state index is 0.0463. The smallest absolute Gasteiger partial charge is 0.335 e. The number of fused-ring (bicyclic) bond motifs is 1. The van der Waals surface area contributed by atoms with E-state index in [1.165, 1.54) is 11.8 Å². The number of piperazine rings is 1. The molecule has 1 saturated heterocycles. The van der Waals surface area contributed by atoms with Crippen LogP contribution in [-0.4, -0.2) is 62.7 Å². The van der Waals surface area contributed by atoms with Gasteiger partial charge in [-0.25, -0.2) is 9.50 Å². The molecule has 1 amide bonds. The van der Waals surface area contributed by atoms with Crippen molar-refractivity contribution in [3.05, 3.63) is 64.1 Å². The lowest BCUT2D eigenvalue weighted by atomic mass is 10.2. The second-order valence-electron chi connectivity index (χ2n) is 7.85. The Hall–Kier alpha value is -2.79. The largest absolute Gasteiger partial charge is 0.459 e. The van der Waals surface area contributed by atoms with Crippen molar-refractivity contribution in [1.82, 2.24) is 24.4 Å². The Bertz CT molecular complexity index is 1190. The van der Waals surface area contributed by atoms with Crippen molar-refractivity contribution in [3.8, 4) is 0 Å². The van der Waals surface area contributed by atoms with Gasteiger partial charge < -0.3 is 4.90 Å². The number of aromatic nitrogens is 3. The fourth-order valence-corrected chi connectivity index (χ4v) is 3.95. The van der Waals surface area contributed by atoms with Crippen LogP contribution >= 0.6 is 11.6 Å². The van der Waals surface area contributed by atoms with Crippen LogP contribution in [0.1, 0.15) is 27.4 Å². The van der Waals surface area contributed by atoms with E-state index >= 15 is 0 Å². The molecular formula is C21H19ClF5N5O. The van der Waals surface area contributed by atoms with Crippen molar-refractivity contribution in [2.75, 3.05) is 26.2 Å². The Kier molecular flexibility index (Phi) is 6.04. The van der Waals surface area contributed by atoms with Crippen molar-refractivity contribution in [3.63, 3.8) is 0 Å². The molecule has 176 valence electrons. The van der Waals surface area contributed by atoms with Gasteiger partial charge in [0.1, 0.15) is 5.69 Å². The quantitative estimate of drug-likeness (QED) is 0.515. The SMILES string of the molecule is Cc1cc(C(F)(F)C(F)(F)F)n2nc(C(=O)N3CCN(Cc4cccc(Cl)c4)CC3)cc2n1. The highest BCUT2D eigenvalue weighted by molar-refractivity contribution is 6.30. The van der Waals surface area contributed by atoms with Gasteiger partial charge in [0.05, 0.1) is 0 Å². The van der Waals surface area contributed by atoms with Crippen LogP contribution in [0, 0.1) is 6.92 Å². The molecule has 0 N–H and O–H groups in total. The minimum atomic E-state index is -5.82. The van der Waals surface area contributed by atoms with E-state index in [1.807, 2.05) is 18.2 Å². The lowest BCUT2D eigenvalue weighted by molar-refractivity contribution is -0.291. The van der Waals surface area contributed by atoms with Gasteiger partial charge in [0.25, 0.3) is 5.91 Å². The number of hydrogen-bond donors (Lipinski definition) is 0. The van der Waals surface area contributed by atoms with Crippen LogP contribution < -0.4 is 0 Å². The van der Waals surface area contributed by atoms with Crippen LogP contribution in [0.4, 0.5) is 22.0 Å². The monoisotopic (exact) mass is 487 g/mol. The normalized spacial score (nSPS) is 15.9. The summed E-state index contributed by atoms with van der Waals surface area (Å²) in [6.07, 6.45) is -5.82. The molecule has 6 nitrogen and oxygen atoms in total. The Balaban J connectivity index is 1.52. The number of nitrogens with zero attached hydrogens (tertiary/aromatic N) is 5. The number of aryl methyl sites for hydroxylation is 1. The summed E-state index contributed by atoms with van der Waals surface area (Å²) in [5, 5.41) is 4.39. The molecule has 12 heteroatoms. The summed E-state index contributed by atoms with van der Waals surface area (Å²) in [5.41, 5.74) is -0.896. The molecule has 1 aliphatic heterocycles. The molecule has 0 radical (unpaired) electrons. The fraction of sp³-hybridized carbons (Fsp3) is 0.381. The van der Waals surface area contributed by atoms with E-state index in [1.54, 1.807) is 6.07 Å².